The summed E-state index contributed by atoms with van der Waals surface area (Å²) in [6, 6.07) is 2.08. The van der Waals surface area contributed by atoms with Gasteiger partial charge in [-0.05, 0) is 62.7 Å². The maximum Gasteiger partial charge on any atom is 0.198 e. The third-order valence-electron chi connectivity index (χ3n) is 3.66. The molecule has 0 N–H and O–H groups in total. The van der Waals surface area contributed by atoms with Crippen LogP contribution in [0.25, 0.3) is 0 Å². The molecule has 0 radical (unpaired) electrons. The van der Waals surface area contributed by atoms with Crippen molar-refractivity contribution in [3.8, 4) is 0 Å². The Labute approximate surface area is 118 Å². The second-order valence-corrected chi connectivity index (χ2v) is 7.05. The van der Waals surface area contributed by atoms with Crippen LogP contribution in [0.15, 0.2) is 18.2 Å². The van der Waals surface area contributed by atoms with Crippen LogP contribution in [0.5, 0.6) is 0 Å². The number of ketones is 1. The van der Waals surface area contributed by atoms with E-state index in [1.54, 1.807) is 18.3 Å². The van der Waals surface area contributed by atoms with Crippen LogP contribution in [0.1, 0.15) is 58.6 Å². The molecule has 0 unspecified atom stereocenters. The Morgan fingerprint density at radius 2 is 2.00 bits per heavy atom. The molecule has 0 spiro atoms. The van der Waals surface area contributed by atoms with E-state index in [2.05, 4.69) is 19.6 Å². The number of rotatable bonds is 3. The molecule has 1 saturated carbocycles. The van der Waals surface area contributed by atoms with Crippen LogP contribution in [0.4, 0.5) is 0 Å². The Kier molecular flexibility index (Phi) is 4.29. The van der Waals surface area contributed by atoms with Crippen LogP contribution >= 0.6 is 22.9 Å². The summed E-state index contributed by atoms with van der Waals surface area (Å²) in [7, 11) is 0. The van der Waals surface area contributed by atoms with E-state index < -0.39 is 0 Å². The van der Waals surface area contributed by atoms with Gasteiger partial charge in [0, 0.05) is 10.3 Å². The molecule has 98 valence electrons. The van der Waals surface area contributed by atoms with Gasteiger partial charge in [-0.15, -0.1) is 22.9 Å². The first-order valence-corrected chi connectivity index (χ1v) is 7.69. The highest BCUT2D eigenvalue weighted by Gasteiger charge is 2.24. The molecule has 0 aromatic carbocycles. The van der Waals surface area contributed by atoms with Crippen LogP contribution in [0.3, 0.4) is 0 Å². The van der Waals surface area contributed by atoms with Crippen molar-refractivity contribution < 1.29 is 4.79 Å². The normalized spacial score (nSPS) is 23.9. The molecule has 1 aliphatic carbocycles. The van der Waals surface area contributed by atoms with Crippen LogP contribution in [-0.2, 0) is 0 Å². The van der Waals surface area contributed by atoms with Gasteiger partial charge in [0.05, 0.1) is 4.88 Å². The Balaban J connectivity index is 2.19. The molecule has 1 aromatic heterocycles. The predicted octanol–water partition coefficient (Wildman–Crippen LogP) is 5.08. The number of carbonyl (C=O) groups excluding carboxylic acids is 1. The van der Waals surface area contributed by atoms with E-state index in [1.165, 1.54) is 10.4 Å². The molecule has 0 saturated heterocycles. The Bertz CT molecular complexity index is 467. The summed E-state index contributed by atoms with van der Waals surface area (Å²) in [4.78, 5) is 14.0. The predicted molar refractivity (Wildman–Crippen MR) is 79.1 cm³/mol. The van der Waals surface area contributed by atoms with E-state index in [1.807, 2.05) is 0 Å². The molecule has 0 aliphatic heterocycles. The largest absolute Gasteiger partial charge is 0.288 e. The van der Waals surface area contributed by atoms with Crippen LogP contribution < -0.4 is 0 Å². The van der Waals surface area contributed by atoms with Crippen molar-refractivity contribution in [2.45, 2.75) is 50.8 Å². The van der Waals surface area contributed by atoms with Gasteiger partial charge in [-0.2, -0.15) is 0 Å². The number of hydrogen-bond donors (Lipinski definition) is 0. The Morgan fingerprint density at radius 3 is 2.56 bits per heavy atom. The van der Waals surface area contributed by atoms with Gasteiger partial charge in [-0.1, -0.05) is 6.58 Å². The second-order valence-electron chi connectivity index (χ2n) is 5.18. The minimum atomic E-state index is 0.0837. The smallest absolute Gasteiger partial charge is 0.198 e. The zero-order valence-corrected chi connectivity index (χ0v) is 12.5. The van der Waals surface area contributed by atoms with Gasteiger partial charge in [-0.3, -0.25) is 4.79 Å². The number of halogens is 1. The van der Waals surface area contributed by atoms with Gasteiger partial charge in [0.15, 0.2) is 5.78 Å². The lowest BCUT2D eigenvalue weighted by molar-refractivity contribution is 0.103. The third-order valence-corrected chi connectivity index (χ3v) is 5.17. The molecule has 1 heterocycles. The zero-order valence-electron chi connectivity index (χ0n) is 11.0. The highest BCUT2D eigenvalue weighted by Crippen LogP contribution is 2.39. The SMILES string of the molecule is C=C(C)C(=O)c1cc(C2CCC(Cl)CC2)c(C)s1. The summed E-state index contributed by atoms with van der Waals surface area (Å²) in [5.41, 5.74) is 1.97. The topological polar surface area (TPSA) is 17.1 Å². The van der Waals surface area contributed by atoms with E-state index in [9.17, 15) is 4.79 Å². The molecule has 2 rings (SSSR count). The van der Waals surface area contributed by atoms with Gasteiger partial charge >= 0.3 is 0 Å². The zero-order chi connectivity index (χ0) is 13.3. The highest BCUT2D eigenvalue weighted by atomic mass is 35.5. The maximum atomic E-state index is 11.9. The first-order valence-electron chi connectivity index (χ1n) is 6.43. The molecule has 1 aromatic rings. The van der Waals surface area contributed by atoms with E-state index in [0.717, 1.165) is 30.6 Å². The molecule has 18 heavy (non-hydrogen) atoms. The van der Waals surface area contributed by atoms with E-state index in [4.69, 9.17) is 11.6 Å². The number of thiophene rings is 1. The summed E-state index contributed by atoms with van der Waals surface area (Å²) >= 11 is 7.75. The lowest BCUT2D eigenvalue weighted by atomic mass is 9.84. The van der Waals surface area contributed by atoms with E-state index >= 15 is 0 Å². The molecular formula is C15H19ClOS. The minimum Gasteiger partial charge on any atom is -0.288 e. The first-order chi connectivity index (χ1) is 8.49. The van der Waals surface area contributed by atoms with Gasteiger partial charge in [0.2, 0.25) is 0 Å². The van der Waals surface area contributed by atoms with E-state index in [0.29, 0.717) is 16.9 Å². The number of Topliss-reactive ketones (excluding diaryl/α,β-unsaturated/α-hetero) is 1. The maximum absolute atomic E-state index is 11.9. The van der Waals surface area contributed by atoms with Crippen molar-refractivity contribution in [3.63, 3.8) is 0 Å². The van der Waals surface area contributed by atoms with Crippen LogP contribution in [0, 0.1) is 6.92 Å². The fourth-order valence-electron chi connectivity index (χ4n) is 2.59. The summed E-state index contributed by atoms with van der Waals surface area (Å²) in [5, 5.41) is 0.344. The molecular weight excluding hydrogens is 264 g/mol. The summed E-state index contributed by atoms with van der Waals surface area (Å²) in [6.07, 6.45) is 4.47. The first kappa shape index (κ1) is 13.8. The van der Waals surface area contributed by atoms with Gasteiger partial charge < -0.3 is 0 Å². The van der Waals surface area contributed by atoms with Gasteiger partial charge in [0.25, 0.3) is 0 Å². The molecule has 0 bridgehead atoms. The monoisotopic (exact) mass is 282 g/mol. The Morgan fingerprint density at radius 1 is 1.39 bits per heavy atom. The number of aryl methyl sites for hydroxylation is 1. The molecule has 3 heteroatoms. The molecule has 1 nitrogen and oxygen atoms in total. The lowest BCUT2D eigenvalue weighted by Crippen LogP contribution is -2.13. The fraction of sp³-hybridized carbons (Fsp3) is 0.533. The summed E-state index contributed by atoms with van der Waals surface area (Å²) < 4.78 is 0. The molecule has 1 aliphatic rings. The molecule has 0 atom stereocenters. The van der Waals surface area contributed by atoms with Crippen molar-refractivity contribution in [1.82, 2.24) is 0 Å². The average molecular weight is 283 g/mol. The third kappa shape index (κ3) is 2.86. The minimum absolute atomic E-state index is 0.0837. The van der Waals surface area contributed by atoms with Crippen LogP contribution in [-0.4, -0.2) is 11.2 Å². The average Bonchev–Trinajstić information content (AvgIpc) is 2.71. The highest BCUT2D eigenvalue weighted by molar-refractivity contribution is 7.14. The summed E-state index contributed by atoms with van der Waals surface area (Å²) in [6.45, 7) is 7.62. The van der Waals surface area contributed by atoms with Crippen molar-refractivity contribution in [2.24, 2.45) is 0 Å². The number of alkyl halides is 1. The van der Waals surface area contributed by atoms with Crippen molar-refractivity contribution >= 4 is 28.7 Å². The number of hydrogen-bond acceptors (Lipinski definition) is 2. The second kappa shape index (κ2) is 5.58. The van der Waals surface area contributed by atoms with Gasteiger partial charge in [0.1, 0.15) is 0 Å². The lowest BCUT2D eigenvalue weighted by Gasteiger charge is -2.25. The van der Waals surface area contributed by atoms with Crippen LogP contribution in [0.2, 0.25) is 0 Å². The molecule has 1 fully saturated rings. The fourth-order valence-corrected chi connectivity index (χ4v) is 3.97. The number of allylic oxidation sites excluding steroid dienone is 1. The Hall–Kier alpha value is -0.600. The van der Waals surface area contributed by atoms with Crippen molar-refractivity contribution in [2.75, 3.05) is 0 Å². The quantitative estimate of drug-likeness (QED) is 0.429. The molecule has 0 amide bonds. The number of carbonyl (C=O) groups is 1. The van der Waals surface area contributed by atoms with E-state index in [-0.39, 0.29) is 5.78 Å². The van der Waals surface area contributed by atoms with Gasteiger partial charge in [-0.25, -0.2) is 0 Å². The van der Waals surface area contributed by atoms with Crippen molar-refractivity contribution in [1.29, 1.82) is 0 Å². The standard InChI is InChI=1S/C15H19ClOS/c1-9(2)15(17)14-8-13(10(3)18-14)11-4-6-12(16)7-5-11/h8,11-12H,1,4-7H2,2-3H3. The van der Waals surface area contributed by atoms with Crippen molar-refractivity contribution in [3.05, 3.63) is 33.5 Å². The summed E-state index contributed by atoms with van der Waals surface area (Å²) in [5.74, 6) is 0.670.